The van der Waals surface area contributed by atoms with Crippen LogP contribution in [0.2, 0.25) is 10.0 Å². The van der Waals surface area contributed by atoms with Crippen molar-refractivity contribution in [1.82, 2.24) is 0 Å². The number of anilines is 2. The zero-order chi connectivity index (χ0) is 15.7. The van der Waals surface area contributed by atoms with E-state index in [4.69, 9.17) is 28.3 Å². The molecule has 3 nitrogen and oxygen atoms in total. The second kappa shape index (κ2) is 5.87. The first kappa shape index (κ1) is 15.5. The molecule has 0 atom stereocenters. The van der Waals surface area contributed by atoms with Gasteiger partial charge in [0, 0.05) is 5.02 Å². The molecule has 0 unspecified atom stereocenters. The Balaban J connectivity index is 2.45. The first-order chi connectivity index (χ1) is 9.79. The van der Waals surface area contributed by atoms with Gasteiger partial charge in [0.05, 0.1) is 16.3 Å². The highest BCUT2D eigenvalue weighted by Crippen LogP contribution is 2.33. The summed E-state index contributed by atoms with van der Waals surface area (Å²) in [5.41, 5.74) is -0.0482. The fraction of sp³-hybridized carbons (Fsp3) is 0.0714. The zero-order valence-electron chi connectivity index (χ0n) is 10.7. The summed E-state index contributed by atoms with van der Waals surface area (Å²) in [4.78, 5) is 10.7. The number of hydrogen-bond acceptors (Lipinski definition) is 2. The van der Waals surface area contributed by atoms with Crippen molar-refractivity contribution in [2.75, 3.05) is 5.32 Å². The fourth-order valence-corrected chi connectivity index (χ4v) is 2.12. The molecular formula is C14H9Cl2F2NO2. The van der Waals surface area contributed by atoms with E-state index < -0.39 is 28.9 Å². The molecule has 110 valence electrons. The number of carboxylic acids is 1. The second-order valence-corrected chi connectivity index (χ2v) is 5.14. The molecule has 0 aliphatic rings. The van der Waals surface area contributed by atoms with E-state index in [0.717, 1.165) is 17.7 Å². The van der Waals surface area contributed by atoms with Crippen LogP contribution in [0.4, 0.5) is 20.2 Å². The topological polar surface area (TPSA) is 49.3 Å². The van der Waals surface area contributed by atoms with Gasteiger partial charge in [0.1, 0.15) is 5.69 Å². The van der Waals surface area contributed by atoms with E-state index in [1.807, 2.05) is 0 Å². The van der Waals surface area contributed by atoms with Gasteiger partial charge in [-0.1, -0.05) is 23.2 Å². The summed E-state index contributed by atoms with van der Waals surface area (Å²) in [5, 5.41) is 11.8. The van der Waals surface area contributed by atoms with E-state index in [2.05, 4.69) is 5.32 Å². The smallest absolute Gasteiger partial charge is 0.335 e. The molecule has 0 spiro atoms. The SMILES string of the molecule is Cc1cc(Cl)c(Nc2c(F)cc(C(=O)O)cc2F)cc1Cl. The van der Waals surface area contributed by atoms with Gasteiger partial charge in [0.2, 0.25) is 0 Å². The van der Waals surface area contributed by atoms with Crippen molar-refractivity contribution in [2.45, 2.75) is 6.92 Å². The lowest BCUT2D eigenvalue weighted by Gasteiger charge is -2.12. The fourth-order valence-electron chi connectivity index (χ4n) is 1.69. The Labute approximate surface area is 129 Å². The Kier molecular flexibility index (Phi) is 4.34. The number of carbonyl (C=O) groups is 1. The molecule has 2 aromatic rings. The van der Waals surface area contributed by atoms with Crippen LogP contribution in [0, 0.1) is 18.6 Å². The minimum atomic E-state index is -1.42. The van der Waals surface area contributed by atoms with Gasteiger partial charge >= 0.3 is 5.97 Å². The van der Waals surface area contributed by atoms with Crippen LogP contribution < -0.4 is 5.32 Å². The summed E-state index contributed by atoms with van der Waals surface area (Å²) in [6, 6.07) is 4.42. The van der Waals surface area contributed by atoms with Gasteiger partial charge in [-0.3, -0.25) is 0 Å². The molecule has 7 heteroatoms. The molecule has 21 heavy (non-hydrogen) atoms. The predicted molar refractivity (Wildman–Crippen MR) is 77.8 cm³/mol. The molecule has 0 aromatic heterocycles. The van der Waals surface area contributed by atoms with Crippen LogP contribution in [0.15, 0.2) is 24.3 Å². The van der Waals surface area contributed by atoms with Gasteiger partial charge in [-0.05, 0) is 36.8 Å². The monoisotopic (exact) mass is 331 g/mol. The molecule has 0 fully saturated rings. The molecule has 0 saturated carbocycles. The number of nitrogens with one attached hydrogen (secondary N) is 1. The van der Waals surface area contributed by atoms with E-state index in [-0.39, 0.29) is 10.7 Å². The summed E-state index contributed by atoms with van der Waals surface area (Å²) in [5.74, 6) is -3.50. The summed E-state index contributed by atoms with van der Waals surface area (Å²) in [7, 11) is 0. The normalized spacial score (nSPS) is 10.5. The van der Waals surface area contributed by atoms with Crippen LogP contribution in [0.3, 0.4) is 0 Å². The molecule has 0 amide bonds. The van der Waals surface area contributed by atoms with Crippen molar-refractivity contribution < 1.29 is 18.7 Å². The number of halogens is 4. The van der Waals surface area contributed by atoms with E-state index in [9.17, 15) is 13.6 Å². The quantitative estimate of drug-likeness (QED) is 0.829. The maximum absolute atomic E-state index is 13.8. The minimum absolute atomic E-state index is 0.216. The second-order valence-electron chi connectivity index (χ2n) is 4.33. The molecule has 0 aliphatic carbocycles. The summed E-state index contributed by atoms with van der Waals surface area (Å²) in [6.45, 7) is 1.74. The van der Waals surface area contributed by atoms with Crippen LogP contribution >= 0.6 is 23.2 Å². The Morgan fingerprint density at radius 3 is 2.19 bits per heavy atom. The molecular weight excluding hydrogens is 323 g/mol. The third-order valence-corrected chi connectivity index (χ3v) is 3.52. The average Bonchev–Trinajstić information content (AvgIpc) is 2.39. The molecule has 0 bridgehead atoms. The van der Waals surface area contributed by atoms with Crippen LogP contribution in [-0.2, 0) is 0 Å². The van der Waals surface area contributed by atoms with Crippen LogP contribution in [0.25, 0.3) is 0 Å². The molecule has 0 saturated heterocycles. The lowest BCUT2D eigenvalue weighted by Crippen LogP contribution is -2.03. The number of rotatable bonds is 3. The predicted octanol–water partition coefficient (Wildman–Crippen LogP) is 5.02. The van der Waals surface area contributed by atoms with Crippen molar-refractivity contribution in [3.05, 3.63) is 57.1 Å². The molecule has 0 aliphatic heterocycles. The van der Waals surface area contributed by atoms with E-state index in [1.54, 1.807) is 13.0 Å². The first-order valence-electron chi connectivity index (χ1n) is 5.74. The van der Waals surface area contributed by atoms with Gasteiger partial charge < -0.3 is 10.4 Å². The van der Waals surface area contributed by atoms with Gasteiger partial charge in [0.25, 0.3) is 0 Å². The lowest BCUT2D eigenvalue weighted by atomic mass is 10.1. The van der Waals surface area contributed by atoms with Gasteiger partial charge in [0.15, 0.2) is 11.6 Å². The standard InChI is InChI=1S/C14H9Cl2F2NO2/c1-6-2-9(16)12(5-8(6)15)19-13-10(17)3-7(14(20)21)4-11(13)18/h2-5,19H,1H3,(H,20,21). The number of carboxylic acid groups (broad SMARTS) is 1. The summed E-state index contributed by atoms with van der Waals surface area (Å²) >= 11 is 11.9. The number of aryl methyl sites for hydroxylation is 1. The van der Waals surface area contributed by atoms with Gasteiger partial charge in [-0.2, -0.15) is 0 Å². The zero-order valence-corrected chi connectivity index (χ0v) is 12.2. The number of aromatic carboxylic acids is 1. The Morgan fingerprint density at radius 1 is 1.10 bits per heavy atom. The van der Waals surface area contributed by atoms with Crippen molar-refractivity contribution in [3.8, 4) is 0 Å². The number of benzene rings is 2. The highest BCUT2D eigenvalue weighted by Gasteiger charge is 2.16. The van der Waals surface area contributed by atoms with Crippen LogP contribution in [0.1, 0.15) is 15.9 Å². The van der Waals surface area contributed by atoms with Gasteiger partial charge in [-0.15, -0.1) is 0 Å². The summed E-state index contributed by atoms with van der Waals surface area (Å²) < 4.78 is 27.7. The highest BCUT2D eigenvalue weighted by molar-refractivity contribution is 6.35. The average molecular weight is 332 g/mol. The highest BCUT2D eigenvalue weighted by atomic mass is 35.5. The lowest BCUT2D eigenvalue weighted by molar-refractivity contribution is 0.0696. The van der Waals surface area contributed by atoms with Gasteiger partial charge in [-0.25, -0.2) is 13.6 Å². The van der Waals surface area contributed by atoms with E-state index >= 15 is 0 Å². The largest absolute Gasteiger partial charge is 0.478 e. The van der Waals surface area contributed by atoms with Crippen molar-refractivity contribution in [3.63, 3.8) is 0 Å². The first-order valence-corrected chi connectivity index (χ1v) is 6.50. The maximum atomic E-state index is 13.8. The Bertz CT molecular complexity index is 712. The number of hydrogen-bond donors (Lipinski definition) is 2. The van der Waals surface area contributed by atoms with Crippen LogP contribution in [-0.4, -0.2) is 11.1 Å². The molecule has 2 aromatic carbocycles. The van der Waals surface area contributed by atoms with E-state index in [1.165, 1.54) is 6.07 Å². The van der Waals surface area contributed by atoms with Crippen molar-refractivity contribution in [1.29, 1.82) is 0 Å². The van der Waals surface area contributed by atoms with E-state index in [0.29, 0.717) is 5.02 Å². The Hall–Kier alpha value is -1.85. The summed E-state index contributed by atoms with van der Waals surface area (Å²) in [6.07, 6.45) is 0. The third kappa shape index (κ3) is 3.25. The van der Waals surface area contributed by atoms with Crippen molar-refractivity contribution in [2.24, 2.45) is 0 Å². The molecule has 0 radical (unpaired) electrons. The minimum Gasteiger partial charge on any atom is -0.478 e. The third-order valence-electron chi connectivity index (χ3n) is 2.80. The maximum Gasteiger partial charge on any atom is 0.335 e. The van der Waals surface area contributed by atoms with Crippen molar-refractivity contribution >= 4 is 40.5 Å². The Morgan fingerprint density at radius 2 is 1.67 bits per heavy atom. The molecule has 0 heterocycles. The molecule has 2 N–H and O–H groups in total. The molecule has 2 rings (SSSR count). The van der Waals surface area contributed by atoms with Crippen LogP contribution in [0.5, 0.6) is 0 Å².